The van der Waals surface area contributed by atoms with Gasteiger partial charge in [-0.2, -0.15) is 0 Å². The van der Waals surface area contributed by atoms with E-state index in [1.165, 1.54) is 5.01 Å². The lowest BCUT2D eigenvalue weighted by atomic mass is 10.1. The van der Waals surface area contributed by atoms with E-state index >= 15 is 0 Å². The van der Waals surface area contributed by atoms with E-state index in [0.717, 1.165) is 5.69 Å². The highest BCUT2D eigenvalue weighted by Crippen LogP contribution is 2.18. The number of halogens is 1. The van der Waals surface area contributed by atoms with E-state index in [4.69, 9.17) is 11.6 Å². The predicted octanol–water partition coefficient (Wildman–Crippen LogP) is 3.63. The Labute approximate surface area is 146 Å². The molecule has 1 heterocycles. The first-order chi connectivity index (χ1) is 11.2. The summed E-state index contributed by atoms with van der Waals surface area (Å²) in [6.45, 7) is 7.32. The zero-order valence-electron chi connectivity index (χ0n) is 14.1. The summed E-state index contributed by atoms with van der Waals surface area (Å²) >= 11 is 6.06. The van der Waals surface area contributed by atoms with E-state index in [-0.39, 0.29) is 5.91 Å². The molecule has 0 aliphatic rings. The molecular weight excluding hydrogens is 326 g/mol. The molecule has 1 aromatic carbocycles. The number of hydrogen-bond donors (Lipinski definition) is 1. The second kappa shape index (κ2) is 7.01. The van der Waals surface area contributed by atoms with Gasteiger partial charge in [0.2, 0.25) is 0 Å². The molecule has 0 saturated carbocycles. The van der Waals surface area contributed by atoms with Crippen molar-refractivity contribution < 1.29 is 9.59 Å². The third-order valence-electron chi connectivity index (χ3n) is 3.35. The van der Waals surface area contributed by atoms with Crippen molar-refractivity contribution in [2.45, 2.75) is 33.2 Å². The summed E-state index contributed by atoms with van der Waals surface area (Å²) in [6, 6.07) is 10.0. The van der Waals surface area contributed by atoms with Crippen molar-refractivity contribution >= 4 is 23.4 Å². The summed E-state index contributed by atoms with van der Waals surface area (Å²) in [5, 5.41) is 1.64. The van der Waals surface area contributed by atoms with Crippen LogP contribution in [0.25, 0.3) is 0 Å². The highest BCUT2D eigenvalue weighted by atomic mass is 35.5. The fourth-order valence-corrected chi connectivity index (χ4v) is 2.36. The molecule has 2 aromatic rings. The average molecular weight is 346 g/mol. The Morgan fingerprint density at radius 1 is 1.17 bits per heavy atom. The maximum atomic E-state index is 12.8. The number of aryl methyl sites for hydroxylation is 1. The molecule has 1 N–H and O–H groups in total. The number of amides is 2. The van der Waals surface area contributed by atoms with Crippen LogP contribution in [0.5, 0.6) is 0 Å². The van der Waals surface area contributed by atoms with Crippen molar-refractivity contribution in [3.05, 3.63) is 64.4 Å². The van der Waals surface area contributed by atoms with Crippen molar-refractivity contribution in [1.82, 2.24) is 15.4 Å². The standard InChI is InChI=1S/C18H20ClN3O2/c1-12-11-13(9-10-20-12)17(24)22(18(2,3)4)21-16(23)14-7-5-6-8-15(14)19/h5-11H,1-4H3,(H,21,23). The van der Waals surface area contributed by atoms with Gasteiger partial charge in [-0.3, -0.25) is 20.0 Å². The second-order valence-corrected chi connectivity index (χ2v) is 6.83. The minimum absolute atomic E-state index is 0.312. The maximum Gasteiger partial charge on any atom is 0.272 e. The molecule has 0 atom stereocenters. The van der Waals surface area contributed by atoms with Gasteiger partial charge in [-0.15, -0.1) is 0 Å². The molecule has 24 heavy (non-hydrogen) atoms. The van der Waals surface area contributed by atoms with Crippen LogP contribution in [0.1, 0.15) is 47.2 Å². The zero-order chi connectivity index (χ0) is 17.9. The summed E-state index contributed by atoms with van der Waals surface area (Å²) in [5.41, 5.74) is 3.55. The molecule has 2 amide bonds. The van der Waals surface area contributed by atoms with Crippen LogP contribution in [0, 0.1) is 6.92 Å². The summed E-state index contributed by atoms with van der Waals surface area (Å²) in [7, 11) is 0. The molecule has 0 unspecified atom stereocenters. The fraction of sp³-hybridized carbons (Fsp3) is 0.278. The molecule has 1 aromatic heterocycles. The number of aromatic nitrogens is 1. The Morgan fingerprint density at radius 3 is 2.42 bits per heavy atom. The monoisotopic (exact) mass is 345 g/mol. The van der Waals surface area contributed by atoms with Crippen LogP contribution in [0.2, 0.25) is 5.02 Å². The second-order valence-electron chi connectivity index (χ2n) is 6.42. The smallest absolute Gasteiger partial charge is 0.267 e. The summed E-state index contributed by atoms with van der Waals surface area (Å²) in [4.78, 5) is 29.5. The molecule has 0 aliphatic carbocycles. The first-order valence-corrected chi connectivity index (χ1v) is 7.90. The fourth-order valence-electron chi connectivity index (χ4n) is 2.14. The summed E-state index contributed by atoms with van der Waals surface area (Å²) in [5.74, 6) is -0.747. The summed E-state index contributed by atoms with van der Waals surface area (Å²) < 4.78 is 0. The highest BCUT2D eigenvalue weighted by molar-refractivity contribution is 6.33. The Kier molecular flexibility index (Phi) is 5.24. The third kappa shape index (κ3) is 4.11. The van der Waals surface area contributed by atoms with E-state index in [1.54, 1.807) is 49.5 Å². The maximum absolute atomic E-state index is 12.8. The van der Waals surface area contributed by atoms with Gasteiger partial charge < -0.3 is 0 Å². The topological polar surface area (TPSA) is 62.3 Å². The van der Waals surface area contributed by atoms with E-state index in [9.17, 15) is 9.59 Å². The molecule has 0 radical (unpaired) electrons. The van der Waals surface area contributed by atoms with E-state index < -0.39 is 11.4 Å². The van der Waals surface area contributed by atoms with Crippen molar-refractivity contribution in [3.8, 4) is 0 Å². The van der Waals surface area contributed by atoms with Crippen LogP contribution in [-0.4, -0.2) is 27.3 Å². The minimum atomic E-state index is -0.620. The van der Waals surface area contributed by atoms with E-state index in [1.807, 2.05) is 20.8 Å². The van der Waals surface area contributed by atoms with Gasteiger partial charge in [0.25, 0.3) is 11.8 Å². The number of hydrogen-bond acceptors (Lipinski definition) is 3. The molecule has 0 aliphatic heterocycles. The zero-order valence-corrected chi connectivity index (χ0v) is 14.9. The van der Waals surface area contributed by atoms with Gasteiger partial charge in [-0.25, -0.2) is 5.01 Å². The lowest BCUT2D eigenvalue weighted by molar-refractivity contribution is 0.0358. The number of benzene rings is 1. The largest absolute Gasteiger partial charge is 0.272 e. The van der Waals surface area contributed by atoms with Gasteiger partial charge in [-0.05, 0) is 52.0 Å². The number of rotatable bonds is 2. The van der Waals surface area contributed by atoms with E-state index in [2.05, 4.69) is 10.4 Å². The van der Waals surface area contributed by atoms with Crippen LogP contribution in [0.4, 0.5) is 0 Å². The quantitative estimate of drug-likeness (QED) is 0.845. The molecule has 2 rings (SSSR count). The van der Waals surface area contributed by atoms with Gasteiger partial charge in [0.15, 0.2) is 0 Å². The Bertz CT molecular complexity index is 769. The van der Waals surface area contributed by atoms with Gasteiger partial charge in [0.1, 0.15) is 0 Å². The van der Waals surface area contributed by atoms with Gasteiger partial charge in [0.05, 0.1) is 16.1 Å². The number of carbonyl (C=O) groups excluding carboxylic acids is 2. The summed E-state index contributed by atoms with van der Waals surface area (Å²) in [6.07, 6.45) is 1.57. The van der Waals surface area contributed by atoms with Crippen LogP contribution < -0.4 is 5.43 Å². The van der Waals surface area contributed by atoms with Crippen LogP contribution in [0.15, 0.2) is 42.6 Å². The lowest BCUT2D eigenvalue weighted by Crippen LogP contribution is -2.55. The van der Waals surface area contributed by atoms with Crippen molar-refractivity contribution in [3.63, 3.8) is 0 Å². The van der Waals surface area contributed by atoms with Gasteiger partial charge in [0, 0.05) is 17.5 Å². The van der Waals surface area contributed by atoms with Crippen molar-refractivity contribution in [1.29, 1.82) is 0 Å². The molecule has 0 saturated heterocycles. The lowest BCUT2D eigenvalue weighted by Gasteiger charge is -2.35. The molecule has 126 valence electrons. The normalized spacial score (nSPS) is 11.0. The van der Waals surface area contributed by atoms with Crippen LogP contribution in [0.3, 0.4) is 0 Å². The molecule has 0 fully saturated rings. The SMILES string of the molecule is Cc1cc(C(=O)N(NC(=O)c2ccccc2Cl)C(C)(C)C)ccn1. The first kappa shape index (κ1) is 17.9. The molecule has 6 heteroatoms. The van der Waals surface area contributed by atoms with Crippen LogP contribution >= 0.6 is 11.6 Å². The molecule has 0 bridgehead atoms. The Hall–Kier alpha value is -2.40. The molecule has 0 spiro atoms. The number of hydrazine groups is 1. The Morgan fingerprint density at radius 2 is 1.83 bits per heavy atom. The number of carbonyl (C=O) groups is 2. The van der Waals surface area contributed by atoms with Gasteiger partial charge in [-0.1, -0.05) is 23.7 Å². The first-order valence-electron chi connectivity index (χ1n) is 7.53. The molecular formula is C18H20ClN3O2. The highest BCUT2D eigenvalue weighted by Gasteiger charge is 2.30. The minimum Gasteiger partial charge on any atom is -0.267 e. The van der Waals surface area contributed by atoms with Crippen molar-refractivity contribution in [2.75, 3.05) is 0 Å². The molecule has 5 nitrogen and oxygen atoms in total. The average Bonchev–Trinajstić information content (AvgIpc) is 2.51. The predicted molar refractivity (Wildman–Crippen MR) is 93.8 cm³/mol. The van der Waals surface area contributed by atoms with Gasteiger partial charge >= 0.3 is 0 Å². The third-order valence-corrected chi connectivity index (χ3v) is 3.68. The van der Waals surface area contributed by atoms with E-state index in [0.29, 0.717) is 16.1 Å². The number of nitrogens with one attached hydrogen (secondary N) is 1. The Balaban J connectivity index is 2.32. The number of nitrogens with zero attached hydrogens (tertiary/aromatic N) is 2. The number of pyridine rings is 1. The van der Waals surface area contributed by atoms with Crippen LogP contribution in [-0.2, 0) is 0 Å². The van der Waals surface area contributed by atoms with Crippen molar-refractivity contribution in [2.24, 2.45) is 0 Å².